The van der Waals surface area contributed by atoms with Gasteiger partial charge in [-0.3, -0.25) is 9.78 Å². The lowest BCUT2D eigenvalue weighted by Crippen LogP contribution is -2.58. The average molecular weight is 368 g/mol. The number of nitrogens with one attached hydrogen (secondary N) is 1. The largest absolute Gasteiger partial charge is 0.330 e. The Hall–Kier alpha value is -1.72. The van der Waals surface area contributed by atoms with Crippen LogP contribution in [-0.4, -0.2) is 40.0 Å². The van der Waals surface area contributed by atoms with Gasteiger partial charge in [-0.1, -0.05) is 37.3 Å². The number of rotatable bonds is 3. The molecular weight excluding hydrogens is 342 g/mol. The molecule has 0 radical (unpaired) electrons. The highest BCUT2D eigenvalue weighted by molar-refractivity contribution is 7.11. The van der Waals surface area contributed by atoms with Crippen LogP contribution in [0.3, 0.4) is 0 Å². The van der Waals surface area contributed by atoms with E-state index in [0.717, 1.165) is 24.1 Å². The summed E-state index contributed by atoms with van der Waals surface area (Å²) >= 11 is 1.46. The zero-order valence-corrected chi connectivity index (χ0v) is 15.9. The molecule has 1 amide bonds. The van der Waals surface area contributed by atoms with Crippen LogP contribution in [0.1, 0.15) is 47.8 Å². The molecule has 3 heterocycles. The third-order valence-electron chi connectivity index (χ3n) is 6.93. The number of carbonyl (C=O) groups is 1. The van der Waals surface area contributed by atoms with Gasteiger partial charge in [-0.05, 0) is 37.7 Å². The summed E-state index contributed by atoms with van der Waals surface area (Å²) in [4.78, 5) is 20.5. The van der Waals surface area contributed by atoms with Gasteiger partial charge in [0.1, 0.15) is 4.88 Å². The Kier molecular flexibility index (Phi) is 3.90. The molecule has 1 aromatic carbocycles. The molecule has 0 spiro atoms. The first-order chi connectivity index (χ1) is 12.7. The Morgan fingerprint density at radius 2 is 2.19 bits per heavy atom. The molecule has 2 aromatic rings. The molecule has 1 N–H and O–H groups in total. The highest BCUT2D eigenvalue weighted by atomic mass is 32.1. The zero-order chi connectivity index (χ0) is 17.7. The van der Waals surface area contributed by atoms with Gasteiger partial charge in [0.25, 0.3) is 5.91 Å². The SMILES string of the molecule is C[C@@]12C[C@H]3[C@@H](Cc4ccccc4)N[C@@H]1CCC[C@@H]2N3C(=O)c1cncs1. The van der Waals surface area contributed by atoms with Crippen molar-refractivity contribution >= 4 is 17.2 Å². The van der Waals surface area contributed by atoms with Gasteiger partial charge in [0.2, 0.25) is 0 Å². The second-order valence-electron chi connectivity index (χ2n) is 8.32. The fraction of sp³-hybridized carbons (Fsp3) is 0.524. The van der Waals surface area contributed by atoms with Crippen molar-refractivity contribution < 1.29 is 4.79 Å². The fourth-order valence-electron chi connectivity index (χ4n) is 5.71. The molecule has 1 saturated carbocycles. The monoisotopic (exact) mass is 367 g/mol. The van der Waals surface area contributed by atoms with E-state index in [1.807, 2.05) is 0 Å². The van der Waals surface area contributed by atoms with Crippen LogP contribution in [0.25, 0.3) is 0 Å². The molecule has 2 aliphatic heterocycles. The molecule has 1 aromatic heterocycles. The highest BCUT2D eigenvalue weighted by Crippen LogP contribution is 2.53. The Balaban J connectivity index is 1.51. The molecule has 0 unspecified atom stereocenters. The quantitative estimate of drug-likeness (QED) is 0.903. The molecule has 5 rings (SSSR count). The van der Waals surface area contributed by atoms with Crippen LogP contribution < -0.4 is 5.32 Å². The van der Waals surface area contributed by atoms with Crippen molar-refractivity contribution in [2.24, 2.45) is 5.41 Å². The number of amides is 1. The molecule has 136 valence electrons. The number of likely N-dealkylation sites (tertiary alicyclic amines) is 1. The first kappa shape index (κ1) is 16.5. The standard InChI is InChI=1S/C21H25N3OS/c1-21-11-16-15(10-14-6-3-2-4-7-14)23-18(21)8-5-9-19(21)24(16)20(25)17-12-22-13-26-17/h2-4,6-7,12-13,15-16,18-19,23H,5,8-11H2,1H3/t15-,16+,18-,19+,21-/m1/s1. The molecule has 2 bridgehead atoms. The molecule has 26 heavy (non-hydrogen) atoms. The van der Waals surface area contributed by atoms with Crippen LogP contribution in [0.4, 0.5) is 0 Å². The third-order valence-corrected chi connectivity index (χ3v) is 7.69. The van der Waals surface area contributed by atoms with E-state index in [1.165, 1.54) is 29.7 Å². The van der Waals surface area contributed by atoms with Crippen molar-refractivity contribution in [3.05, 3.63) is 52.5 Å². The van der Waals surface area contributed by atoms with Gasteiger partial charge in [-0.25, -0.2) is 0 Å². The van der Waals surface area contributed by atoms with E-state index in [0.29, 0.717) is 18.1 Å². The number of carbonyl (C=O) groups excluding carboxylic acids is 1. The van der Waals surface area contributed by atoms with E-state index in [1.54, 1.807) is 11.7 Å². The minimum atomic E-state index is 0.189. The summed E-state index contributed by atoms with van der Waals surface area (Å²) in [7, 11) is 0. The van der Waals surface area contributed by atoms with Crippen molar-refractivity contribution in [1.29, 1.82) is 0 Å². The summed E-state index contributed by atoms with van der Waals surface area (Å²) in [6.07, 6.45) is 7.41. The van der Waals surface area contributed by atoms with Crippen LogP contribution in [0.15, 0.2) is 42.0 Å². The van der Waals surface area contributed by atoms with Gasteiger partial charge >= 0.3 is 0 Å². The molecule has 4 nitrogen and oxygen atoms in total. The number of piperidine rings is 1. The van der Waals surface area contributed by atoms with Gasteiger partial charge < -0.3 is 10.2 Å². The Morgan fingerprint density at radius 3 is 2.96 bits per heavy atom. The zero-order valence-electron chi connectivity index (χ0n) is 15.1. The summed E-state index contributed by atoms with van der Waals surface area (Å²) in [6.45, 7) is 2.40. The van der Waals surface area contributed by atoms with Gasteiger partial charge in [0.15, 0.2) is 0 Å². The third kappa shape index (κ3) is 2.44. The number of fused-ring (bicyclic) bond motifs is 1. The highest BCUT2D eigenvalue weighted by Gasteiger charge is 2.61. The molecule has 3 fully saturated rings. The average Bonchev–Trinajstić information content (AvgIpc) is 3.27. The molecule has 2 saturated heterocycles. The number of hydrogen-bond donors (Lipinski definition) is 1. The Labute approximate surface area is 158 Å². The fourth-order valence-corrected chi connectivity index (χ4v) is 6.27. The van der Waals surface area contributed by atoms with E-state index in [4.69, 9.17) is 0 Å². The first-order valence-electron chi connectivity index (χ1n) is 9.68. The smallest absolute Gasteiger partial charge is 0.266 e. The van der Waals surface area contributed by atoms with E-state index in [-0.39, 0.29) is 17.4 Å². The minimum Gasteiger partial charge on any atom is -0.330 e. The van der Waals surface area contributed by atoms with Crippen molar-refractivity contribution in [3.63, 3.8) is 0 Å². The Morgan fingerprint density at radius 1 is 1.35 bits per heavy atom. The van der Waals surface area contributed by atoms with Gasteiger partial charge in [-0.2, -0.15) is 0 Å². The maximum absolute atomic E-state index is 13.4. The lowest BCUT2D eigenvalue weighted by molar-refractivity contribution is 0.0563. The van der Waals surface area contributed by atoms with E-state index in [9.17, 15) is 4.79 Å². The molecule has 5 atom stereocenters. The van der Waals surface area contributed by atoms with Crippen LogP contribution in [0.5, 0.6) is 0 Å². The summed E-state index contributed by atoms with van der Waals surface area (Å²) in [6, 6.07) is 12.2. The van der Waals surface area contributed by atoms with Crippen LogP contribution in [0.2, 0.25) is 0 Å². The molecule has 5 heteroatoms. The summed E-state index contributed by atoms with van der Waals surface area (Å²) in [5.74, 6) is 0.189. The van der Waals surface area contributed by atoms with E-state index < -0.39 is 0 Å². The topological polar surface area (TPSA) is 45.2 Å². The van der Waals surface area contributed by atoms with Crippen LogP contribution in [-0.2, 0) is 6.42 Å². The summed E-state index contributed by atoms with van der Waals surface area (Å²) in [5.41, 5.74) is 3.32. The van der Waals surface area contributed by atoms with Gasteiger partial charge in [0.05, 0.1) is 11.7 Å². The maximum atomic E-state index is 13.4. The maximum Gasteiger partial charge on any atom is 0.266 e. The molecule has 1 aliphatic carbocycles. The lowest BCUT2D eigenvalue weighted by Gasteiger charge is -2.46. The molecule has 3 aliphatic rings. The number of aromatic nitrogens is 1. The van der Waals surface area contributed by atoms with Crippen LogP contribution in [0, 0.1) is 5.41 Å². The van der Waals surface area contributed by atoms with Gasteiger partial charge in [-0.15, -0.1) is 11.3 Å². The number of nitrogens with zero attached hydrogens (tertiary/aromatic N) is 2. The van der Waals surface area contributed by atoms with Crippen molar-refractivity contribution in [3.8, 4) is 0 Å². The first-order valence-corrected chi connectivity index (χ1v) is 10.6. The number of thiazole rings is 1. The van der Waals surface area contributed by atoms with Crippen LogP contribution >= 0.6 is 11.3 Å². The lowest BCUT2D eigenvalue weighted by atomic mass is 9.65. The van der Waals surface area contributed by atoms with Crippen molar-refractivity contribution in [2.45, 2.75) is 63.2 Å². The van der Waals surface area contributed by atoms with E-state index in [2.05, 4.69) is 52.5 Å². The number of hydrogen-bond acceptors (Lipinski definition) is 4. The number of benzene rings is 1. The van der Waals surface area contributed by atoms with E-state index >= 15 is 0 Å². The predicted molar refractivity (Wildman–Crippen MR) is 103 cm³/mol. The van der Waals surface area contributed by atoms with Crippen molar-refractivity contribution in [2.75, 3.05) is 0 Å². The second-order valence-corrected chi connectivity index (χ2v) is 9.20. The second kappa shape index (κ2) is 6.17. The predicted octanol–water partition coefficient (Wildman–Crippen LogP) is 3.50. The summed E-state index contributed by atoms with van der Waals surface area (Å²) < 4.78 is 0. The normalized spacial score (nSPS) is 35.5. The summed E-state index contributed by atoms with van der Waals surface area (Å²) in [5, 5.41) is 3.96. The minimum absolute atomic E-state index is 0.189. The molecular formula is C21H25N3OS. The van der Waals surface area contributed by atoms with Crippen molar-refractivity contribution in [1.82, 2.24) is 15.2 Å². The van der Waals surface area contributed by atoms with Gasteiger partial charge in [0, 0.05) is 29.6 Å². The Bertz CT molecular complexity index is 793.